The number of nitrogens with zero attached hydrogens (tertiary/aromatic N) is 2. The van der Waals surface area contributed by atoms with Crippen LogP contribution in [0.15, 0.2) is 28.7 Å². The molecule has 2 rings (SSSR count). The maximum Gasteiger partial charge on any atom is 0.145 e. The van der Waals surface area contributed by atoms with E-state index in [1.807, 2.05) is 32.0 Å². The Labute approximate surface area is 114 Å². The topological polar surface area (TPSA) is 75.9 Å². The third-order valence-electron chi connectivity index (χ3n) is 2.42. The lowest BCUT2D eigenvalue weighted by Gasteiger charge is -2.09. The Morgan fingerprint density at radius 1 is 1.11 bits per heavy atom. The van der Waals surface area contributed by atoms with Crippen LogP contribution in [-0.2, 0) is 0 Å². The van der Waals surface area contributed by atoms with Gasteiger partial charge in [-0.25, -0.2) is 15.8 Å². The van der Waals surface area contributed by atoms with E-state index in [0.29, 0.717) is 17.5 Å². The summed E-state index contributed by atoms with van der Waals surface area (Å²) >= 11 is 3.47. The van der Waals surface area contributed by atoms with E-state index in [1.54, 1.807) is 6.07 Å². The molecule has 0 saturated carbocycles. The number of benzene rings is 1. The third-order valence-corrected chi connectivity index (χ3v) is 3.31. The fourth-order valence-corrected chi connectivity index (χ4v) is 1.82. The van der Waals surface area contributed by atoms with Gasteiger partial charge in [0.1, 0.15) is 17.5 Å². The van der Waals surface area contributed by atoms with E-state index in [0.717, 1.165) is 15.7 Å². The molecule has 0 amide bonds. The molecule has 0 aliphatic heterocycles. The van der Waals surface area contributed by atoms with Crippen molar-refractivity contribution in [3.8, 4) is 0 Å². The number of nitrogen functional groups attached to an aromatic ring is 1. The Kier molecular flexibility index (Phi) is 3.78. The number of hydrogen-bond acceptors (Lipinski definition) is 5. The average Bonchev–Trinajstić information content (AvgIpc) is 2.33. The molecular weight excluding hydrogens is 294 g/mol. The van der Waals surface area contributed by atoms with Crippen LogP contribution < -0.4 is 16.6 Å². The number of halogens is 1. The van der Waals surface area contributed by atoms with Gasteiger partial charge in [-0.3, -0.25) is 0 Å². The Hall–Kier alpha value is -1.66. The SMILES string of the molecule is Cc1nc(NN)cc(Nc2ccc(Br)c(C)c2)n1. The summed E-state index contributed by atoms with van der Waals surface area (Å²) in [7, 11) is 0. The summed E-state index contributed by atoms with van der Waals surface area (Å²) in [4.78, 5) is 8.43. The van der Waals surface area contributed by atoms with Gasteiger partial charge >= 0.3 is 0 Å². The van der Waals surface area contributed by atoms with Crippen LogP contribution in [0.3, 0.4) is 0 Å². The highest BCUT2D eigenvalue weighted by molar-refractivity contribution is 9.10. The highest BCUT2D eigenvalue weighted by Crippen LogP contribution is 2.23. The van der Waals surface area contributed by atoms with Gasteiger partial charge < -0.3 is 10.7 Å². The zero-order chi connectivity index (χ0) is 13.1. The first-order valence-corrected chi connectivity index (χ1v) is 6.23. The highest BCUT2D eigenvalue weighted by atomic mass is 79.9. The fourth-order valence-electron chi connectivity index (χ4n) is 1.58. The molecule has 0 unspecified atom stereocenters. The smallest absolute Gasteiger partial charge is 0.145 e. The van der Waals surface area contributed by atoms with Crippen molar-refractivity contribution >= 4 is 33.3 Å². The summed E-state index contributed by atoms with van der Waals surface area (Å²) in [5, 5.41) is 3.22. The van der Waals surface area contributed by atoms with Crippen molar-refractivity contribution in [1.29, 1.82) is 0 Å². The van der Waals surface area contributed by atoms with Crippen molar-refractivity contribution < 1.29 is 0 Å². The molecule has 1 aromatic carbocycles. The first-order valence-electron chi connectivity index (χ1n) is 5.44. The molecular formula is C12H14BrN5. The van der Waals surface area contributed by atoms with E-state index < -0.39 is 0 Å². The predicted molar refractivity (Wildman–Crippen MR) is 76.7 cm³/mol. The number of anilines is 3. The van der Waals surface area contributed by atoms with Crippen molar-refractivity contribution in [2.24, 2.45) is 5.84 Å². The van der Waals surface area contributed by atoms with Crippen LogP contribution in [0, 0.1) is 13.8 Å². The van der Waals surface area contributed by atoms with Crippen LogP contribution in [0.1, 0.15) is 11.4 Å². The molecule has 0 radical (unpaired) electrons. The van der Waals surface area contributed by atoms with Gasteiger partial charge in [-0.15, -0.1) is 0 Å². The molecule has 0 spiro atoms. The zero-order valence-electron chi connectivity index (χ0n) is 10.2. The van der Waals surface area contributed by atoms with Crippen LogP contribution in [0.5, 0.6) is 0 Å². The minimum absolute atomic E-state index is 0.582. The van der Waals surface area contributed by atoms with Crippen LogP contribution >= 0.6 is 15.9 Å². The molecule has 5 nitrogen and oxygen atoms in total. The summed E-state index contributed by atoms with van der Waals surface area (Å²) in [5.41, 5.74) is 4.64. The largest absolute Gasteiger partial charge is 0.340 e. The third kappa shape index (κ3) is 2.96. The normalized spacial score (nSPS) is 10.2. The summed E-state index contributed by atoms with van der Waals surface area (Å²) in [6, 6.07) is 7.76. The Bertz CT molecular complexity index is 570. The second kappa shape index (κ2) is 5.32. The minimum Gasteiger partial charge on any atom is -0.340 e. The van der Waals surface area contributed by atoms with Crippen LogP contribution in [0.2, 0.25) is 0 Å². The Morgan fingerprint density at radius 2 is 1.83 bits per heavy atom. The number of rotatable bonds is 3. The molecule has 6 heteroatoms. The molecule has 4 N–H and O–H groups in total. The van der Waals surface area contributed by atoms with E-state index in [2.05, 4.69) is 36.6 Å². The van der Waals surface area contributed by atoms with Gasteiger partial charge in [0.2, 0.25) is 0 Å². The molecule has 0 aliphatic carbocycles. The van der Waals surface area contributed by atoms with E-state index >= 15 is 0 Å². The molecule has 0 atom stereocenters. The number of nitrogens with one attached hydrogen (secondary N) is 2. The van der Waals surface area contributed by atoms with Gasteiger partial charge in [0.15, 0.2) is 0 Å². The van der Waals surface area contributed by atoms with Crippen molar-refractivity contribution in [3.63, 3.8) is 0 Å². The van der Waals surface area contributed by atoms with Gasteiger partial charge in [-0.2, -0.15) is 0 Å². The Morgan fingerprint density at radius 3 is 2.50 bits per heavy atom. The summed E-state index contributed by atoms with van der Waals surface area (Å²) in [6.45, 7) is 3.85. The van der Waals surface area contributed by atoms with Crippen molar-refractivity contribution in [2.45, 2.75) is 13.8 Å². The molecule has 0 aliphatic rings. The van der Waals surface area contributed by atoms with E-state index in [1.165, 1.54) is 0 Å². The molecule has 1 aromatic heterocycles. The van der Waals surface area contributed by atoms with Crippen LogP contribution in [-0.4, -0.2) is 9.97 Å². The first-order chi connectivity index (χ1) is 8.58. The molecule has 0 fully saturated rings. The maximum absolute atomic E-state index is 5.35. The number of hydrazine groups is 1. The summed E-state index contributed by atoms with van der Waals surface area (Å²) in [6.07, 6.45) is 0. The number of aryl methyl sites for hydroxylation is 2. The summed E-state index contributed by atoms with van der Waals surface area (Å²) in [5.74, 6) is 7.29. The molecule has 1 heterocycles. The molecule has 0 bridgehead atoms. The van der Waals surface area contributed by atoms with Gasteiger partial charge in [-0.05, 0) is 37.6 Å². The van der Waals surface area contributed by atoms with Gasteiger partial charge in [0, 0.05) is 16.2 Å². The lowest BCUT2D eigenvalue weighted by atomic mass is 10.2. The summed E-state index contributed by atoms with van der Waals surface area (Å²) < 4.78 is 1.08. The van der Waals surface area contributed by atoms with Crippen LogP contribution in [0.4, 0.5) is 17.3 Å². The van der Waals surface area contributed by atoms with E-state index in [-0.39, 0.29) is 0 Å². The van der Waals surface area contributed by atoms with E-state index in [9.17, 15) is 0 Å². The second-order valence-corrected chi connectivity index (χ2v) is 4.77. The molecule has 18 heavy (non-hydrogen) atoms. The monoisotopic (exact) mass is 307 g/mol. The Balaban J connectivity index is 2.27. The van der Waals surface area contributed by atoms with Crippen molar-refractivity contribution in [1.82, 2.24) is 9.97 Å². The second-order valence-electron chi connectivity index (χ2n) is 3.92. The van der Waals surface area contributed by atoms with Gasteiger partial charge in [0.05, 0.1) is 0 Å². The standard InChI is InChI=1S/C12H14BrN5/c1-7-5-9(3-4-10(7)13)17-11-6-12(18-14)16-8(2)15-11/h3-6H,14H2,1-2H3,(H2,15,16,17,18). The maximum atomic E-state index is 5.35. The molecule has 2 aromatic rings. The lowest BCUT2D eigenvalue weighted by molar-refractivity contribution is 1.05. The minimum atomic E-state index is 0.582. The molecule has 94 valence electrons. The molecule has 0 saturated heterocycles. The van der Waals surface area contributed by atoms with Crippen molar-refractivity contribution in [3.05, 3.63) is 40.1 Å². The van der Waals surface area contributed by atoms with Gasteiger partial charge in [0.25, 0.3) is 0 Å². The average molecular weight is 308 g/mol. The zero-order valence-corrected chi connectivity index (χ0v) is 11.7. The van der Waals surface area contributed by atoms with E-state index in [4.69, 9.17) is 5.84 Å². The van der Waals surface area contributed by atoms with Crippen molar-refractivity contribution in [2.75, 3.05) is 10.7 Å². The van der Waals surface area contributed by atoms with Gasteiger partial charge in [-0.1, -0.05) is 15.9 Å². The first kappa shape index (κ1) is 12.8. The highest BCUT2D eigenvalue weighted by Gasteiger charge is 2.02. The number of aromatic nitrogens is 2. The number of nitrogens with two attached hydrogens (primary N) is 1. The quantitative estimate of drug-likeness (QED) is 0.600. The number of hydrogen-bond donors (Lipinski definition) is 3. The fraction of sp³-hybridized carbons (Fsp3) is 0.167. The van der Waals surface area contributed by atoms with Crippen LogP contribution in [0.25, 0.3) is 0 Å². The predicted octanol–water partition coefficient (Wildman–Crippen LogP) is 2.89. The lowest BCUT2D eigenvalue weighted by Crippen LogP contribution is -2.10.